The minimum Gasteiger partial charge on any atom is -0.424 e. The lowest BCUT2D eigenvalue weighted by atomic mass is 10.4. The van der Waals surface area contributed by atoms with Gasteiger partial charge in [0.05, 0.1) is 12.7 Å². The lowest BCUT2D eigenvalue weighted by molar-refractivity contribution is -0.116. The van der Waals surface area contributed by atoms with Crippen LogP contribution in [0.25, 0.3) is 0 Å². The first-order chi connectivity index (χ1) is 7.33. The zero-order valence-electron chi connectivity index (χ0n) is 9.04. The molecule has 0 bridgehead atoms. The summed E-state index contributed by atoms with van der Waals surface area (Å²) >= 11 is 0. The van der Waals surface area contributed by atoms with E-state index in [9.17, 15) is 4.79 Å². The van der Waals surface area contributed by atoms with Crippen molar-refractivity contribution in [1.29, 1.82) is 0 Å². The molecule has 5 heteroatoms. The van der Waals surface area contributed by atoms with Gasteiger partial charge in [-0.1, -0.05) is 6.58 Å². The Balaban J connectivity index is 1.72. The van der Waals surface area contributed by atoms with Crippen LogP contribution in [0.3, 0.4) is 0 Å². The predicted octanol–water partition coefficient (Wildman–Crippen LogP) is -0.0137. The summed E-state index contributed by atoms with van der Waals surface area (Å²) in [7, 11) is -0.388. The fourth-order valence-electron chi connectivity index (χ4n) is 1.16. The van der Waals surface area contributed by atoms with Crippen molar-refractivity contribution in [1.82, 2.24) is 5.32 Å². The van der Waals surface area contributed by atoms with Gasteiger partial charge in [0, 0.05) is 13.2 Å². The molecule has 1 atom stereocenters. The topological polar surface area (TPSA) is 50.9 Å². The highest BCUT2D eigenvalue weighted by molar-refractivity contribution is 6.26. The third-order valence-corrected chi connectivity index (χ3v) is 3.55. The van der Waals surface area contributed by atoms with Crippen molar-refractivity contribution in [3.63, 3.8) is 0 Å². The molecule has 1 unspecified atom stereocenters. The summed E-state index contributed by atoms with van der Waals surface area (Å²) in [6, 6.07) is 1.11. The number of amides is 1. The quantitative estimate of drug-likeness (QED) is 0.262. The average Bonchev–Trinajstić information content (AvgIpc) is 3.05. The van der Waals surface area contributed by atoms with Crippen LogP contribution in [0.15, 0.2) is 12.7 Å². The smallest absolute Gasteiger partial charge is 0.243 e. The second kappa shape index (κ2) is 7.61. The Kier molecular flexibility index (Phi) is 6.30. The summed E-state index contributed by atoms with van der Waals surface area (Å²) in [6.07, 6.45) is 3.82. The fourth-order valence-corrected chi connectivity index (χ4v) is 2.19. The summed E-state index contributed by atoms with van der Waals surface area (Å²) in [5.74, 6) is -0.0940. The molecule has 4 nitrogen and oxygen atoms in total. The number of epoxide rings is 1. The minimum absolute atomic E-state index is 0.0940. The van der Waals surface area contributed by atoms with Crippen LogP contribution in [-0.4, -0.2) is 41.5 Å². The SMILES string of the molecule is C=CC(=O)NCCC[SiH2]OCCC1CO1. The molecular weight excluding hydrogens is 210 g/mol. The van der Waals surface area contributed by atoms with Gasteiger partial charge < -0.3 is 14.5 Å². The lowest BCUT2D eigenvalue weighted by Gasteiger charge is -2.03. The Morgan fingerprint density at radius 1 is 1.73 bits per heavy atom. The normalized spacial score (nSPS) is 19.3. The molecule has 1 saturated heterocycles. The maximum atomic E-state index is 10.8. The van der Waals surface area contributed by atoms with Gasteiger partial charge in [-0.3, -0.25) is 4.79 Å². The second-order valence-corrected chi connectivity index (χ2v) is 5.08. The van der Waals surface area contributed by atoms with E-state index in [0.717, 1.165) is 38.6 Å². The van der Waals surface area contributed by atoms with Gasteiger partial charge in [0.1, 0.15) is 0 Å². The van der Waals surface area contributed by atoms with E-state index in [2.05, 4.69) is 11.9 Å². The number of rotatable bonds is 9. The minimum atomic E-state index is -0.388. The first-order valence-corrected chi connectivity index (χ1v) is 7.00. The van der Waals surface area contributed by atoms with Crippen molar-refractivity contribution in [3.05, 3.63) is 12.7 Å². The molecule has 1 N–H and O–H groups in total. The van der Waals surface area contributed by atoms with Crippen LogP contribution in [0, 0.1) is 0 Å². The Morgan fingerprint density at radius 2 is 2.53 bits per heavy atom. The predicted molar refractivity (Wildman–Crippen MR) is 61.5 cm³/mol. The van der Waals surface area contributed by atoms with Crippen molar-refractivity contribution in [3.8, 4) is 0 Å². The Morgan fingerprint density at radius 3 is 3.20 bits per heavy atom. The number of carbonyl (C=O) groups excluding carboxylic acids is 1. The highest BCUT2D eigenvalue weighted by atomic mass is 28.2. The molecule has 86 valence electrons. The van der Waals surface area contributed by atoms with E-state index in [1.807, 2.05) is 0 Å². The zero-order valence-corrected chi connectivity index (χ0v) is 10.5. The van der Waals surface area contributed by atoms with E-state index in [-0.39, 0.29) is 15.7 Å². The second-order valence-electron chi connectivity index (χ2n) is 3.56. The van der Waals surface area contributed by atoms with E-state index >= 15 is 0 Å². The van der Waals surface area contributed by atoms with Gasteiger partial charge in [0.25, 0.3) is 0 Å². The average molecular weight is 229 g/mol. The Bertz CT molecular complexity index is 207. The van der Waals surface area contributed by atoms with Crippen molar-refractivity contribution >= 4 is 15.7 Å². The summed E-state index contributed by atoms with van der Waals surface area (Å²) in [5.41, 5.74) is 0. The van der Waals surface area contributed by atoms with Crippen LogP contribution in [0.5, 0.6) is 0 Å². The molecule has 0 saturated carbocycles. The number of hydrogen-bond acceptors (Lipinski definition) is 3. The summed E-state index contributed by atoms with van der Waals surface area (Å²) in [5, 5.41) is 2.74. The van der Waals surface area contributed by atoms with Gasteiger partial charge in [-0.15, -0.1) is 0 Å². The van der Waals surface area contributed by atoms with Crippen molar-refractivity contribution in [2.45, 2.75) is 25.0 Å². The van der Waals surface area contributed by atoms with Crippen molar-refractivity contribution in [2.24, 2.45) is 0 Å². The molecule has 1 aliphatic heterocycles. The van der Waals surface area contributed by atoms with Crippen molar-refractivity contribution < 1.29 is 14.0 Å². The van der Waals surface area contributed by atoms with Gasteiger partial charge in [-0.2, -0.15) is 0 Å². The lowest BCUT2D eigenvalue weighted by Crippen LogP contribution is -2.22. The molecule has 0 spiro atoms. The van der Waals surface area contributed by atoms with Gasteiger partial charge in [-0.25, -0.2) is 0 Å². The van der Waals surface area contributed by atoms with Crippen LogP contribution < -0.4 is 5.32 Å². The molecule has 0 aromatic rings. The first kappa shape index (κ1) is 12.4. The van der Waals surface area contributed by atoms with Gasteiger partial charge in [0.15, 0.2) is 9.76 Å². The third kappa shape index (κ3) is 7.30. The van der Waals surface area contributed by atoms with E-state index in [1.54, 1.807) is 0 Å². The highest BCUT2D eigenvalue weighted by Gasteiger charge is 2.21. The van der Waals surface area contributed by atoms with E-state index < -0.39 is 0 Å². The third-order valence-electron chi connectivity index (χ3n) is 2.19. The summed E-state index contributed by atoms with van der Waals surface area (Å²) in [4.78, 5) is 10.8. The molecule has 0 aromatic heterocycles. The Labute approximate surface area is 93.0 Å². The van der Waals surface area contributed by atoms with Gasteiger partial charge in [-0.05, 0) is 25.0 Å². The first-order valence-electron chi connectivity index (χ1n) is 5.42. The van der Waals surface area contributed by atoms with Crippen LogP contribution in [0.2, 0.25) is 6.04 Å². The molecule has 0 aliphatic carbocycles. The van der Waals surface area contributed by atoms with Gasteiger partial charge >= 0.3 is 0 Å². The molecule has 1 amide bonds. The highest BCUT2D eigenvalue weighted by Crippen LogP contribution is 2.12. The molecule has 1 rings (SSSR count). The number of hydrogen-bond donors (Lipinski definition) is 1. The molecule has 0 radical (unpaired) electrons. The van der Waals surface area contributed by atoms with E-state index in [1.165, 1.54) is 6.08 Å². The maximum Gasteiger partial charge on any atom is 0.243 e. The molecule has 1 aliphatic rings. The molecule has 15 heavy (non-hydrogen) atoms. The maximum absolute atomic E-state index is 10.8. The van der Waals surface area contributed by atoms with E-state index in [0.29, 0.717) is 6.10 Å². The molecule has 0 aromatic carbocycles. The fraction of sp³-hybridized carbons (Fsp3) is 0.700. The molecule has 1 heterocycles. The summed E-state index contributed by atoms with van der Waals surface area (Å²) < 4.78 is 10.6. The van der Waals surface area contributed by atoms with Crippen molar-refractivity contribution in [2.75, 3.05) is 19.8 Å². The number of nitrogens with one attached hydrogen (secondary N) is 1. The largest absolute Gasteiger partial charge is 0.424 e. The zero-order chi connectivity index (χ0) is 10.9. The van der Waals surface area contributed by atoms with Crippen LogP contribution >= 0.6 is 0 Å². The Hall–Kier alpha value is -0.653. The van der Waals surface area contributed by atoms with Gasteiger partial charge in [0.2, 0.25) is 5.91 Å². The van der Waals surface area contributed by atoms with E-state index in [4.69, 9.17) is 9.16 Å². The number of ether oxygens (including phenoxy) is 1. The van der Waals surface area contributed by atoms with Crippen LogP contribution in [0.4, 0.5) is 0 Å². The summed E-state index contributed by atoms with van der Waals surface area (Å²) in [6.45, 7) is 5.87. The van der Waals surface area contributed by atoms with Crippen LogP contribution in [-0.2, 0) is 14.0 Å². The van der Waals surface area contributed by atoms with Crippen LogP contribution in [0.1, 0.15) is 12.8 Å². The number of carbonyl (C=O) groups is 1. The standard InChI is InChI=1S/C10H19NO3Si/c1-2-10(12)11-5-3-7-15-14-6-4-9-8-13-9/h2,9H,1,3-8,15H2,(H,11,12). The monoisotopic (exact) mass is 229 g/mol. The molecule has 1 fully saturated rings. The molecular formula is C10H19NO3Si.